The minimum Gasteiger partial charge on any atom is -0.390 e. The van der Waals surface area contributed by atoms with Crippen molar-refractivity contribution in [3.8, 4) is 0 Å². The third-order valence-corrected chi connectivity index (χ3v) is 17.2. The van der Waals surface area contributed by atoms with Crippen molar-refractivity contribution in [1.82, 2.24) is 0 Å². The van der Waals surface area contributed by atoms with Crippen LogP contribution in [0.3, 0.4) is 0 Å². The lowest BCUT2D eigenvalue weighted by atomic mass is 9.41. The fraction of sp³-hybridized carbons (Fsp3) is 0.816. The van der Waals surface area contributed by atoms with E-state index < -0.39 is 113 Å². The minimum absolute atomic E-state index is 0.0413. The molecule has 3 saturated heterocycles. The van der Waals surface area contributed by atoms with Crippen LogP contribution >= 0.6 is 0 Å². The molecule has 21 unspecified atom stereocenters. The Hall–Kier alpha value is -1.97. The van der Waals surface area contributed by atoms with Crippen LogP contribution in [0, 0.1) is 16.7 Å². The van der Waals surface area contributed by atoms with Crippen molar-refractivity contribution in [2.75, 3.05) is 21.3 Å². The van der Waals surface area contributed by atoms with Gasteiger partial charge in [0.05, 0.1) is 67.0 Å². The average Bonchev–Trinajstić information content (AvgIpc) is 3.51. The van der Waals surface area contributed by atoms with E-state index in [0.717, 1.165) is 11.1 Å². The second kappa shape index (κ2) is 18.7. The average molecular weight is 919 g/mol. The Morgan fingerprint density at radius 2 is 1.29 bits per heavy atom. The van der Waals surface area contributed by atoms with E-state index in [-0.39, 0.29) is 44.2 Å². The summed E-state index contributed by atoms with van der Waals surface area (Å²) >= 11 is 0. The molecule has 0 bridgehead atoms. The van der Waals surface area contributed by atoms with Gasteiger partial charge in [0.2, 0.25) is 0 Å². The lowest BCUT2D eigenvalue weighted by Gasteiger charge is -2.68. The van der Waals surface area contributed by atoms with Gasteiger partial charge in [0.15, 0.2) is 24.7 Å². The highest BCUT2D eigenvalue weighted by Gasteiger charge is 2.83. The van der Waals surface area contributed by atoms with E-state index in [1.807, 2.05) is 50.3 Å². The van der Waals surface area contributed by atoms with Crippen molar-refractivity contribution in [3.05, 3.63) is 47.5 Å². The summed E-state index contributed by atoms with van der Waals surface area (Å²) in [5.74, 6) is -1.35. The number of Topliss-reactive ketones (excluding diaryl/α,β-unsaturated/α-hetero) is 1. The van der Waals surface area contributed by atoms with E-state index in [9.17, 15) is 30.3 Å². The number of aliphatic hydroxyl groups is 5. The van der Waals surface area contributed by atoms with E-state index in [2.05, 4.69) is 6.92 Å². The Bertz CT molecular complexity index is 1850. The maximum atomic E-state index is 13.2. The standard InChI is InChI=1S/C49H74O16/c1-26-39(51)33(56-7)22-37(60-26)64-41-28(3)62-38(24-35(41)58-9)65-40-27(2)61-36(23-34(40)57-8)63-32-16-17-45(5)31(21-32)15-18-48(54)43(45)42(59-25-30-13-11-10-12-14-30)44(52)46(6)47(53,29(4)50)19-20-49(46,48)55/h10-15,26-28,32-44,51-55H,16-25H2,1-9H3. The molecule has 7 aliphatic rings. The number of aliphatic hydroxyl groups excluding tert-OH is 2. The summed E-state index contributed by atoms with van der Waals surface area (Å²) < 4.78 is 62.6. The number of methoxy groups -OCH3 is 3. The molecule has 366 valence electrons. The second-order valence-electron chi connectivity index (χ2n) is 20.5. The summed E-state index contributed by atoms with van der Waals surface area (Å²) in [4.78, 5) is 13.2. The molecule has 1 aromatic rings. The van der Waals surface area contributed by atoms with Crippen molar-refractivity contribution < 1.29 is 77.7 Å². The lowest BCUT2D eigenvalue weighted by Crippen LogP contribution is -2.82. The smallest absolute Gasteiger partial charge is 0.162 e. The highest BCUT2D eigenvalue weighted by Crippen LogP contribution is 2.71. The molecule has 3 aliphatic heterocycles. The highest BCUT2D eigenvalue weighted by molar-refractivity contribution is 5.87. The van der Waals surface area contributed by atoms with Crippen LogP contribution < -0.4 is 0 Å². The molecule has 65 heavy (non-hydrogen) atoms. The fourth-order valence-corrected chi connectivity index (χ4v) is 13.3. The van der Waals surface area contributed by atoms with Crippen molar-refractivity contribution in [3.63, 3.8) is 0 Å². The zero-order valence-corrected chi connectivity index (χ0v) is 39.5. The van der Waals surface area contributed by atoms with E-state index >= 15 is 0 Å². The monoisotopic (exact) mass is 918 g/mol. The first-order chi connectivity index (χ1) is 30.8. The first-order valence-corrected chi connectivity index (χ1v) is 23.7. The number of ether oxygens (including phenoxy) is 10. The van der Waals surface area contributed by atoms with Gasteiger partial charge >= 0.3 is 0 Å². The molecule has 0 radical (unpaired) electrons. The number of fused-ring (bicyclic) bond motifs is 5. The number of hydrogen-bond donors (Lipinski definition) is 5. The number of hydrogen-bond acceptors (Lipinski definition) is 16. The molecule has 0 aromatic heterocycles. The molecule has 3 saturated carbocycles. The Balaban J connectivity index is 0.939. The topological polar surface area (TPSA) is 211 Å². The molecule has 8 rings (SSSR count). The molecule has 16 heteroatoms. The number of carbonyl (C=O) groups is 1. The van der Waals surface area contributed by atoms with Crippen LogP contribution in [-0.2, 0) is 58.8 Å². The van der Waals surface area contributed by atoms with Gasteiger partial charge in [-0.3, -0.25) is 4.79 Å². The zero-order valence-electron chi connectivity index (χ0n) is 39.5. The Morgan fingerprint density at radius 1 is 0.738 bits per heavy atom. The first-order valence-electron chi connectivity index (χ1n) is 23.7. The summed E-state index contributed by atoms with van der Waals surface area (Å²) in [6.07, 6.45) is -4.09. The number of rotatable bonds is 13. The van der Waals surface area contributed by atoms with Gasteiger partial charge in [-0.2, -0.15) is 0 Å². The predicted molar refractivity (Wildman–Crippen MR) is 232 cm³/mol. The minimum atomic E-state index is -2.08. The van der Waals surface area contributed by atoms with Crippen LogP contribution in [-0.4, -0.2) is 162 Å². The summed E-state index contributed by atoms with van der Waals surface area (Å²) in [6, 6.07) is 9.54. The SMILES string of the molecule is COC1CC(OC2C(C)OC(OC3C(C)OC(OC4CCC5(C)C(=CCC6(O)C5C(OCc5ccccc5)C(O)C5(C)C(O)(C(C)=O)CCC65O)C4)CC3OC)CC2OC)OC(C)C1O. The zero-order chi connectivity index (χ0) is 46.9. The molecule has 1 aromatic carbocycles. The summed E-state index contributed by atoms with van der Waals surface area (Å²) in [5.41, 5.74) is -6.58. The molecular weight excluding hydrogens is 845 g/mol. The predicted octanol–water partition coefficient (Wildman–Crippen LogP) is 3.63. The number of carbonyl (C=O) groups excluding carboxylic acids is 1. The molecule has 4 aliphatic carbocycles. The quantitative estimate of drug-likeness (QED) is 0.179. The van der Waals surface area contributed by atoms with Gasteiger partial charge in [-0.1, -0.05) is 55.8 Å². The van der Waals surface area contributed by atoms with Gasteiger partial charge in [0.25, 0.3) is 0 Å². The van der Waals surface area contributed by atoms with Gasteiger partial charge in [-0.25, -0.2) is 0 Å². The van der Waals surface area contributed by atoms with Gasteiger partial charge in [0, 0.05) is 46.5 Å². The third-order valence-electron chi connectivity index (χ3n) is 17.2. The van der Waals surface area contributed by atoms with Crippen molar-refractivity contribution in [1.29, 1.82) is 0 Å². The van der Waals surface area contributed by atoms with E-state index in [1.54, 1.807) is 28.3 Å². The summed E-state index contributed by atoms with van der Waals surface area (Å²) in [7, 11) is 4.84. The molecule has 6 fully saturated rings. The molecule has 3 heterocycles. The van der Waals surface area contributed by atoms with Crippen molar-refractivity contribution in [2.45, 2.75) is 215 Å². The maximum absolute atomic E-state index is 13.2. The van der Waals surface area contributed by atoms with Crippen LogP contribution in [0.25, 0.3) is 0 Å². The number of benzene rings is 1. The van der Waals surface area contributed by atoms with Crippen LogP contribution in [0.2, 0.25) is 0 Å². The van der Waals surface area contributed by atoms with E-state index in [4.69, 9.17) is 47.4 Å². The Kier molecular flexibility index (Phi) is 14.3. The molecule has 5 N–H and O–H groups in total. The van der Waals surface area contributed by atoms with Crippen LogP contribution in [0.5, 0.6) is 0 Å². The molecular formula is C49H74O16. The summed E-state index contributed by atoms with van der Waals surface area (Å²) in [5, 5.41) is 60.8. The van der Waals surface area contributed by atoms with Crippen molar-refractivity contribution in [2.24, 2.45) is 16.7 Å². The molecule has 16 nitrogen and oxygen atoms in total. The van der Waals surface area contributed by atoms with E-state index in [0.29, 0.717) is 38.5 Å². The number of ketones is 1. The van der Waals surface area contributed by atoms with Gasteiger partial charge in [-0.15, -0.1) is 0 Å². The van der Waals surface area contributed by atoms with Crippen molar-refractivity contribution >= 4 is 5.78 Å². The van der Waals surface area contributed by atoms with Gasteiger partial charge < -0.3 is 72.9 Å². The van der Waals surface area contributed by atoms with Crippen LogP contribution in [0.1, 0.15) is 105 Å². The van der Waals surface area contributed by atoms with Crippen LogP contribution in [0.15, 0.2) is 42.0 Å². The lowest BCUT2D eigenvalue weighted by molar-refractivity contribution is -0.348. The molecule has 21 atom stereocenters. The van der Waals surface area contributed by atoms with Gasteiger partial charge in [0.1, 0.15) is 35.1 Å². The second-order valence-corrected chi connectivity index (χ2v) is 20.5. The Labute approximate surface area is 383 Å². The van der Waals surface area contributed by atoms with Crippen LogP contribution in [0.4, 0.5) is 0 Å². The first kappa shape index (κ1) is 49.5. The maximum Gasteiger partial charge on any atom is 0.162 e. The molecule has 0 amide bonds. The van der Waals surface area contributed by atoms with Gasteiger partial charge in [-0.05, 0) is 77.2 Å². The van der Waals surface area contributed by atoms with E-state index in [1.165, 1.54) is 13.8 Å². The normalized spacial score (nSPS) is 49.9. The highest BCUT2D eigenvalue weighted by atomic mass is 16.7. The Morgan fingerprint density at radius 3 is 1.86 bits per heavy atom. The molecule has 0 spiro atoms. The fourth-order valence-electron chi connectivity index (χ4n) is 13.3. The third kappa shape index (κ3) is 8.21. The largest absolute Gasteiger partial charge is 0.390 e. The summed E-state index contributed by atoms with van der Waals surface area (Å²) in [6.45, 7) is 10.6.